The quantitative estimate of drug-likeness (QED) is 0.451. The van der Waals surface area contributed by atoms with Crippen LogP contribution in [0.1, 0.15) is 0 Å². The van der Waals surface area contributed by atoms with E-state index < -0.39 is 0 Å². The molecule has 12 heavy (non-hydrogen) atoms. The fourth-order valence-electron chi connectivity index (χ4n) is 0.750. The van der Waals surface area contributed by atoms with Crippen LogP contribution >= 0.6 is 27.5 Å². The number of hydrogen-bond acceptors (Lipinski definition) is 2. The molecule has 66 valence electrons. The van der Waals surface area contributed by atoms with Crippen LogP contribution in [0.2, 0.25) is 5.15 Å². The van der Waals surface area contributed by atoms with E-state index in [1.54, 1.807) is 24.9 Å². The number of halogens is 2. The highest BCUT2D eigenvalue weighted by atomic mass is 79.9. The number of nitrogens with zero attached hydrogens (tertiary/aromatic N) is 2. The summed E-state index contributed by atoms with van der Waals surface area (Å²) < 4.78 is 2.61. The summed E-state index contributed by atoms with van der Waals surface area (Å²) in [5.41, 5.74) is 0. The fraction of sp³-hybridized carbons (Fsp3) is 0.286. The molecule has 3 nitrogen and oxygen atoms in total. The van der Waals surface area contributed by atoms with E-state index in [1.165, 1.54) is 5.17 Å². The van der Waals surface area contributed by atoms with Crippen LogP contribution < -0.4 is 9.85 Å². The molecule has 0 bridgehead atoms. The summed E-state index contributed by atoms with van der Waals surface area (Å²) in [5.74, 6) is 0. The molecule has 0 radical (unpaired) electrons. The fourth-order valence-corrected chi connectivity index (χ4v) is 1.29. The van der Waals surface area contributed by atoms with Gasteiger partial charge in [-0.05, 0) is 43.4 Å². The monoisotopic (exact) mass is 251 g/mol. The van der Waals surface area contributed by atoms with Crippen molar-refractivity contribution in [3.63, 3.8) is 0 Å². The average molecular weight is 253 g/mol. The van der Waals surface area contributed by atoms with Crippen molar-refractivity contribution in [1.29, 1.82) is 0 Å². The summed E-state index contributed by atoms with van der Waals surface area (Å²) in [6, 6.07) is 3.64. The molecular formula is C7H9BrClN2O+. The largest absolute Gasteiger partial charge is 0.306 e. The van der Waals surface area contributed by atoms with Gasteiger partial charge >= 0.3 is 5.15 Å². The Labute approximate surface area is 84.6 Å². The van der Waals surface area contributed by atoms with Gasteiger partial charge < -0.3 is 0 Å². The van der Waals surface area contributed by atoms with E-state index in [1.807, 2.05) is 12.3 Å². The van der Waals surface area contributed by atoms with Crippen molar-refractivity contribution >= 4 is 27.5 Å². The van der Waals surface area contributed by atoms with E-state index in [0.29, 0.717) is 5.15 Å². The first-order valence-corrected chi connectivity index (χ1v) is 4.47. The lowest BCUT2D eigenvalue weighted by Gasteiger charge is -2.08. The zero-order chi connectivity index (χ0) is 9.14. The van der Waals surface area contributed by atoms with Gasteiger partial charge in [-0.1, -0.05) is 0 Å². The predicted octanol–water partition coefficient (Wildman–Crippen LogP) is 1.52. The number of hydrogen-bond donors (Lipinski definition) is 0. The normalized spacial score (nSPS) is 10.0. The second kappa shape index (κ2) is 4.07. The molecule has 5 heteroatoms. The van der Waals surface area contributed by atoms with Crippen molar-refractivity contribution in [2.24, 2.45) is 0 Å². The first-order valence-electron chi connectivity index (χ1n) is 3.30. The zero-order valence-electron chi connectivity index (χ0n) is 6.79. The number of rotatable bonds is 2. The Balaban J connectivity index is 3.04. The Morgan fingerprint density at radius 2 is 2.25 bits per heavy atom. The minimum atomic E-state index is 0.586. The zero-order valence-corrected chi connectivity index (χ0v) is 9.13. The van der Waals surface area contributed by atoms with Gasteiger partial charge in [-0.2, -0.15) is 0 Å². The third kappa shape index (κ3) is 2.09. The third-order valence-corrected chi connectivity index (χ3v) is 2.18. The maximum Gasteiger partial charge on any atom is 0.306 e. The van der Waals surface area contributed by atoms with Crippen molar-refractivity contribution in [1.82, 2.24) is 0 Å². The molecule has 1 aromatic rings. The molecule has 0 saturated carbocycles. The van der Waals surface area contributed by atoms with Gasteiger partial charge in [0.15, 0.2) is 0 Å². The lowest BCUT2D eigenvalue weighted by atomic mass is 10.5. The summed E-state index contributed by atoms with van der Waals surface area (Å²) in [4.78, 5) is 4.96. The first kappa shape index (κ1) is 9.77. The van der Waals surface area contributed by atoms with E-state index >= 15 is 0 Å². The molecule has 1 heterocycles. The summed E-state index contributed by atoms with van der Waals surface area (Å²) in [6.45, 7) is 0. The van der Waals surface area contributed by atoms with Crippen LogP contribution in [0.4, 0.5) is 0 Å². The number of pyridine rings is 1. The standard InChI is InChI=1S/C7H9BrClN2O/c1-10(12-2)11-5-6(8)3-4-7(11)9/h3-5H,1-2H3/q+1. The molecular weight excluding hydrogens is 243 g/mol. The second-order valence-electron chi connectivity index (χ2n) is 2.16. The Hall–Kier alpha value is -0.320. The molecule has 0 aliphatic heterocycles. The molecule has 1 rings (SSSR count). The van der Waals surface area contributed by atoms with Crippen molar-refractivity contribution in [2.75, 3.05) is 19.3 Å². The molecule has 0 aromatic carbocycles. The minimum Gasteiger partial charge on any atom is -0.229 e. The van der Waals surface area contributed by atoms with Crippen LogP contribution in [0.25, 0.3) is 0 Å². The van der Waals surface area contributed by atoms with Crippen LogP contribution in [-0.2, 0) is 4.84 Å². The summed E-state index contributed by atoms with van der Waals surface area (Å²) in [6.07, 6.45) is 1.81. The molecule has 1 aromatic heterocycles. The number of hydroxylamine groups is 1. The highest BCUT2D eigenvalue weighted by Gasteiger charge is 2.13. The minimum absolute atomic E-state index is 0.586. The van der Waals surface area contributed by atoms with Gasteiger partial charge in [-0.3, -0.25) is 0 Å². The average Bonchev–Trinajstić information content (AvgIpc) is 2.08. The highest BCUT2D eigenvalue weighted by molar-refractivity contribution is 9.10. The second-order valence-corrected chi connectivity index (χ2v) is 3.46. The Kier molecular flexibility index (Phi) is 3.31. The molecule has 0 aliphatic rings. The maximum atomic E-state index is 5.89. The van der Waals surface area contributed by atoms with E-state index in [2.05, 4.69) is 15.9 Å². The third-order valence-electron chi connectivity index (χ3n) is 1.41. The van der Waals surface area contributed by atoms with Crippen molar-refractivity contribution in [3.05, 3.63) is 28.0 Å². The summed E-state index contributed by atoms with van der Waals surface area (Å²) in [5, 5.41) is 2.11. The Bertz CT molecular complexity index is 282. The van der Waals surface area contributed by atoms with Gasteiger partial charge in [0.2, 0.25) is 6.20 Å². The molecule has 0 amide bonds. The predicted molar refractivity (Wildman–Crippen MR) is 50.5 cm³/mol. The van der Waals surface area contributed by atoms with Crippen molar-refractivity contribution in [2.45, 2.75) is 0 Å². The SMILES string of the molecule is CON(C)[n+]1cc(Br)ccc1Cl. The molecule has 0 aliphatic carbocycles. The smallest absolute Gasteiger partial charge is 0.229 e. The molecule has 0 unspecified atom stereocenters. The Morgan fingerprint density at radius 3 is 2.83 bits per heavy atom. The summed E-state index contributed by atoms with van der Waals surface area (Å²) >= 11 is 9.22. The molecule has 0 saturated heterocycles. The van der Waals surface area contributed by atoms with Crippen LogP contribution in [0.5, 0.6) is 0 Å². The topological polar surface area (TPSA) is 16.4 Å². The van der Waals surface area contributed by atoms with E-state index in [9.17, 15) is 0 Å². The van der Waals surface area contributed by atoms with E-state index in [0.717, 1.165) is 4.47 Å². The van der Waals surface area contributed by atoms with Gasteiger partial charge in [0, 0.05) is 6.07 Å². The van der Waals surface area contributed by atoms with E-state index in [4.69, 9.17) is 16.4 Å². The highest BCUT2D eigenvalue weighted by Crippen LogP contribution is 2.09. The van der Waals surface area contributed by atoms with Crippen LogP contribution in [-0.4, -0.2) is 14.2 Å². The summed E-state index contributed by atoms with van der Waals surface area (Å²) in [7, 11) is 3.34. The van der Waals surface area contributed by atoms with Gasteiger partial charge in [0.05, 0.1) is 18.6 Å². The van der Waals surface area contributed by atoms with Gasteiger partial charge in [0.1, 0.15) is 0 Å². The lowest BCUT2D eigenvalue weighted by molar-refractivity contribution is -0.724. The maximum absolute atomic E-state index is 5.89. The van der Waals surface area contributed by atoms with Gasteiger partial charge in [0.25, 0.3) is 0 Å². The van der Waals surface area contributed by atoms with Crippen LogP contribution in [0.3, 0.4) is 0 Å². The van der Waals surface area contributed by atoms with Gasteiger partial charge in [-0.15, -0.1) is 0 Å². The van der Waals surface area contributed by atoms with Crippen molar-refractivity contribution < 1.29 is 9.51 Å². The van der Waals surface area contributed by atoms with Crippen LogP contribution in [0, 0.1) is 0 Å². The number of aromatic nitrogens is 1. The van der Waals surface area contributed by atoms with Crippen molar-refractivity contribution in [3.8, 4) is 0 Å². The first-order chi connectivity index (χ1) is 5.65. The molecule has 0 fully saturated rings. The van der Waals surface area contributed by atoms with Crippen LogP contribution in [0.15, 0.2) is 22.8 Å². The molecule has 0 atom stereocenters. The van der Waals surface area contributed by atoms with E-state index in [-0.39, 0.29) is 0 Å². The molecule has 0 spiro atoms. The van der Waals surface area contributed by atoms with Gasteiger partial charge in [-0.25, -0.2) is 4.84 Å². The molecule has 0 N–H and O–H groups in total. The lowest BCUT2D eigenvalue weighted by Crippen LogP contribution is -2.55. The Morgan fingerprint density at radius 1 is 1.58 bits per heavy atom.